The average molecular weight is 364 g/mol. The Balaban J connectivity index is 1.66. The zero-order chi connectivity index (χ0) is 19.1. The third-order valence-corrected chi connectivity index (χ3v) is 5.61. The van der Waals surface area contributed by atoms with E-state index in [-0.39, 0.29) is 5.78 Å². The summed E-state index contributed by atoms with van der Waals surface area (Å²) in [6.07, 6.45) is 0.495. The van der Waals surface area contributed by atoms with E-state index >= 15 is 0 Å². The smallest absolute Gasteiger partial charge is 0.195 e. The second kappa shape index (κ2) is 6.31. The number of hydrogen-bond donors (Lipinski definition) is 1. The van der Waals surface area contributed by atoms with Gasteiger partial charge in [0.15, 0.2) is 5.78 Å². The van der Waals surface area contributed by atoms with Crippen LogP contribution in [0.4, 0.5) is 5.69 Å². The summed E-state index contributed by atoms with van der Waals surface area (Å²) < 4.78 is 0. The first kappa shape index (κ1) is 16.7. The van der Waals surface area contributed by atoms with Crippen molar-refractivity contribution in [1.82, 2.24) is 4.98 Å². The Kier molecular flexibility index (Phi) is 3.76. The van der Waals surface area contributed by atoms with Crippen LogP contribution in [0, 0.1) is 6.92 Å². The lowest BCUT2D eigenvalue weighted by Crippen LogP contribution is -2.41. The monoisotopic (exact) mass is 364 g/mol. The van der Waals surface area contributed by atoms with Gasteiger partial charge in [-0.05, 0) is 36.2 Å². The Bertz CT molecular complexity index is 1200. The zero-order valence-corrected chi connectivity index (χ0v) is 15.6. The summed E-state index contributed by atoms with van der Waals surface area (Å²) in [5, 5.41) is 4.69. The number of anilines is 1. The number of aryl methyl sites for hydroxylation is 1. The maximum Gasteiger partial charge on any atom is 0.195 e. The van der Waals surface area contributed by atoms with Crippen LogP contribution in [0.15, 0.2) is 84.9 Å². The molecule has 2 heterocycles. The number of aromatic nitrogens is 1. The van der Waals surface area contributed by atoms with Crippen LogP contribution < -0.4 is 5.32 Å². The molecule has 3 nitrogen and oxygen atoms in total. The van der Waals surface area contributed by atoms with Crippen LogP contribution in [0.5, 0.6) is 0 Å². The van der Waals surface area contributed by atoms with Crippen LogP contribution in [0.2, 0.25) is 0 Å². The number of pyridine rings is 1. The van der Waals surface area contributed by atoms with Crippen LogP contribution in [0.25, 0.3) is 10.9 Å². The molecule has 0 saturated carbocycles. The molecule has 0 saturated heterocycles. The van der Waals surface area contributed by atoms with Crippen molar-refractivity contribution in [3.05, 3.63) is 107 Å². The fourth-order valence-corrected chi connectivity index (χ4v) is 4.15. The molecule has 0 spiro atoms. The highest BCUT2D eigenvalue weighted by atomic mass is 16.1. The molecule has 0 radical (unpaired) electrons. The average Bonchev–Trinajstić information content (AvgIpc) is 3.03. The molecule has 5 rings (SSSR count). The van der Waals surface area contributed by atoms with Gasteiger partial charge in [-0.25, -0.2) is 0 Å². The number of fused-ring (bicyclic) bond motifs is 2. The number of Topliss-reactive ketones (excluding diaryl/α,β-unsaturated/α-hetero) is 1. The molecule has 136 valence electrons. The first-order chi connectivity index (χ1) is 13.7. The SMILES string of the molecule is Cc1cccc2c1NC(Cc1ccc3ccccc3n1)(c1ccccc1)C2=O. The molecule has 28 heavy (non-hydrogen) atoms. The fourth-order valence-electron chi connectivity index (χ4n) is 4.15. The predicted molar refractivity (Wildman–Crippen MR) is 113 cm³/mol. The lowest BCUT2D eigenvalue weighted by molar-refractivity contribution is 0.0916. The van der Waals surface area contributed by atoms with Crippen molar-refractivity contribution < 1.29 is 4.79 Å². The van der Waals surface area contributed by atoms with Gasteiger partial charge >= 0.3 is 0 Å². The van der Waals surface area contributed by atoms with Crippen molar-refractivity contribution >= 4 is 22.4 Å². The van der Waals surface area contributed by atoms with Crippen LogP contribution in [-0.2, 0) is 12.0 Å². The molecule has 1 N–H and O–H groups in total. The second-order valence-electron chi connectivity index (χ2n) is 7.40. The van der Waals surface area contributed by atoms with Crippen LogP contribution in [0.1, 0.15) is 27.2 Å². The molecule has 0 amide bonds. The van der Waals surface area contributed by atoms with E-state index < -0.39 is 5.54 Å². The van der Waals surface area contributed by atoms with Crippen molar-refractivity contribution in [2.75, 3.05) is 5.32 Å². The summed E-state index contributed by atoms with van der Waals surface area (Å²) in [6, 6.07) is 28.0. The summed E-state index contributed by atoms with van der Waals surface area (Å²) in [4.78, 5) is 18.5. The van der Waals surface area contributed by atoms with E-state index in [2.05, 4.69) is 17.4 Å². The predicted octanol–water partition coefficient (Wildman–Crippen LogP) is 5.29. The van der Waals surface area contributed by atoms with Gasteiger partial charge in [0.25, 0.3) is 0 Å². The normalized spacial score (nSPS) is 18.1. The largest absolute Gasteiger partial charge is 0.368 e. The molecular weight excluding hydrogens is 344 g/mol. The summed E-state index contributed by atoms with van der Waals surface area (Å²) in [5.74, 6) is 0.104. The highest BCUT2D eigenvalue weighted by Gasteiger charge is 2.47. The summed E-state index contributed by atoms with van der Waals surface area (Å²) in [5.41, 5.74) is 4.73. The van der Waals surface area contributed by atoms with E-state index in [1.54, 1.807) is 0 Å². The number of hydrogen-bond acceptors (Lipinski definition) is 3. The van der Waals surface area contributed by atoms with Gasteiger partial charge in [0.05, 0.1) is 5.52 Å². The third kappa shape index (κ3) is 2.51. The molecule has 1 unspecified atom stereocenters. The first-order valence-electron chi connectivity index (χ1n) is 9.50. The standard InChI is InChI=1S/C25H20N2O/c1-17-8-7-12-21-23(17)27-25(24(21)28,19-10-3-2-4-11-19)16-20-15-14-18-9-5-6-13-22(18)26-20/h2-15,27H,16H2,1H3. The second-order valence-corrected chi connectivity index (χ2v) is 7.40. The number of ketones is 1. The molecule has 0 bridgehead atoms. The summed E-state index contributed by atoms with van der Waals surface area (Å²) >= 11 is 0. The molecular formula is C25H20N2O. The Morgan fingerprint density at radius 2 is 1.64 bits per heavy atom. The van der Waals surface area contributed by atoms with Gasteiger partial charge in [-0.1, -0.05) is 66.7 Å². The van der Waals surface area contributed by atoms with Crippen LogP contribution in [-0.4, -0.2) is 10.8 Å². The van der Waals surface area contributed by atoms with Gasteiger partial charge in [-0.15, -0.1) is 0 Å². The van der Waals surface area contributed by atoms with Crippen molar-refractivity contribution in [3.63, 3.8) is 0 Å². The van der Waals surface area contributed by atoms with E-state index in [0.29, 0.717) is 6.42 Å². The Morgan fingerprint density at radius 1 is 0.857 bits per heavy atom. The molecule has 3 aromatic carbocycles. The van der Waals surface area contributed by atoms with Gasteiger partial charge < -0.3 is 5.32 Å². The Hall–Kier alpha value is -3.46. The number of rotatable bonds is 3. The molecule has 1 aliphatic heterocycles. The van der Waals surface area contributed by atoms with E-state index in [0.717, 1.165) is 39.0 Å². The highest BCUT2D eigenvalue weighted by molar-refractivity contribution is 6.14. The minimum atomic E-state index is -0.842. The molecule has 4 aromatic rings. The molecule has 0 fully saturated rings. The molecule has 0 aliphatic carbocycles. The van der Waals surface area contributed by atoms with Gasteiger partial charge in [0.2, 0.25) is 0 Å². The number of para-hydroxylation sites is 2. The molecule has 1 aromatic heterocycles. The lowest BCUT2D eigenvalue weighted by Gasteiger charge is -2.29. The number of nitrogens with one attached hydrogen (secondary N) is 1. The van der Waals surface area contributed by atoms with Crippen molar-refractivity contribution in [1.29, 1.82) is 0 Å². The Morgan fingerprint density at radius 3 is 2.46 bits per heavy atom. The highest BCUT2D eigenvalue weighted by Crippen LogP contribution is 2.42. The van der Waals surface area contributed by atoms with Gasteiger partial charge in [0.1, 0.15) is 5.54 Å². The molecule has 1 aliphatic rings. The molecule has 1 atom stereocenters. The summed E-state index contributed by atoms with van der Waals surface area (Å²) in [7, 11) is 0. The molecule has 3 heteroatoms. The van der Waals surface area contributed by atoms with Gasteiger partial charge in [-0.2, -0.15) is 0 Å². The fraction of sp³-hybridized carbons (Fsp3) is 0.120. The zero-order valence-electron chi connectivity index (χ0n) is 15.6. The van der Waals surface area contributed by atoms with Crippen molar-refractivity contribution in [2.24, 2.45) is 0 Å². The minimum Gasteiger partial charge on any atom is -0.368 e. The van der Waals surface area contributed by atoms with E-state index in [1.165, 1.54) is 0 Å². The number of benzene rings is 3. The number of nitrogens with zero attached hydrogens (tertiary/aromatic N) is 1. The van der Waals surface area contributed by atoms with E-state index in [1.807, 2.05) is 79.7 Å². The maximum absolute atomic E-state index is 13.6. The quantitative estimate of drug-likeness (QED) is 0.537. The van der Waals surface area contributed by atoms with E-state index in [4.69, 9.17) is 4.98 Å². The van der Waals surface area contributed by atoms with Gasteiger partial charge in [-0.3, -0.25) is 9.78 Å². The first-order valence-corrected chi connectivity index (χ1v) is 9.50. The topological polar surface area (TPSA) is 42.0 Å². The number of carbonyl (C=O) groups excluding carboxylic acids is 1. The van der Waals surface area contributed by atoms with E-state index in [9.17, 15) is 4.79 Å². The van der Waals surface area contributed by atoms with Crippen molar-refractivity contribution in [3.8, 4) is 0 Å². The number of carbonyl (C=O) groups is 1. The lowest BCUT2D eigenvalue weighted by atomic mass is 9.81. The van der Waals surface area contributed by atoms with Crippen molar-refractivity contribution in [2.45, 2.75) is 18.9 Å². The van der Waals surface area contributed by atoms with Gasteiger partial charge in [0, 0.05) is 28.8 Å². The Labute approximate surface area is 164 Å². The van der Waals surface area contributed by atoms with Crippen LogP contribution >= 0.6 is 0 Å². The minimum absolute atomic E-state index is 0.104. The van der Waals surface area contributed by atoms with Crippen LogP contribution in [0.3, 0.4) is 0 Å². The maximum atomic E-state index is 13.6. The summed E-state index contributed by atoms with van der Waals surface area (Å²) in [6.45, 7) is 2.04. The third-order valence-electron chi connectivity index (χ3n) is 5.61.